The van der Waals surface area contributed by atoms with Crippen LogP contribution in [0.15, 0.2) is 11.6 Å². The fraction of sp³-hybridized carbons (Fsp3) is 0.600. The molecular weight excluding hydrogens is 198 g/mol. The molecule has 1 fully saturated rings. The van der Waals surface area contributed by atoms with Crippen molar-refractivity contribution in [1.29, 1.82) is 0 Å². The summed E-state index contributed by atoms with van der Waals surface area (Å²) < 4.78 is 0.170. The first-order chi connectivity index (χ1) is 6.58. The monoisotopic (exact) mass is 211 g/mol. The summed E-state index contributed by atoms with van der Waals surface area (Å²) in [5, 5.41) is 0. The van der Waals surface area contributed by atoms with Crippen LogP contribution in [0.3, 0.4) is 0 Å². The maximum Gasteiger partial charge on any atom is 0.256 e. The summed E-state index contributed by atoms with van der Waals surface area (Å²) in [6.45, 7) is 2.28. The van der Waals surface area contributed by atoms with E-state index < -0.39 is 0 Å². The molecule has 1 aliphatic heterocycles. The molecule has 0 unspecified atom stereocenters. The van der Waals surface area contributed by atoms with Crippen LogP contribution < -0.4 is 0 Å². The topological polar surface area (TPSA) is 37.4 Å². The third-order valence-electron chi connectivity index (χ3n) is 2.88. The van der Waals surface area contributed by atoms with Crippen molar-refractivity contribution < 1.29 is 9.59 Å². The highest BCUT2D eigenvalue weighted by Gasteiger charge is 2.46. The molecule has 76 valence electrons. The van der Waals surface area contributed by atoms with Crippen molar-refractivity contribution in [3.05, 3.63) is 11.6 Å². The molecule has 1 saturated carbocycles. The van der Waals surface area contributed by atoms with Crippen molar-refractivity contribution in [2.75, 3.05) is 12.8 Å². The van der Waals surface area contributed by atoms with E-state index >= 15 is 0 Å². The molecule has 0 N–H and O–H groups in total. The molecule has 0 aromatic carbocycles. The van der Waals surface area contributed by atoms with E-state index in [9.17, 15) is 9.59 Å². The van der Waals surface area contributed by atoms with Crippen LogP contribution in [0.25, 0.3) is 0 Å². The van der Waals surface area contributed by atoms with Gasteiger partial charge in [-0.1, -0.05) is 0 Å². The van der Waals surface area contributed by atoms with Crippen molar-refractivity contribution in [2.45, 2.75) is 24.5 Å². The fourth-order valence-corrected chi connectivity index (χ4v) is 2.41. The summed E-state index contributed by atoms with van der Waals surface area (Å²) in [4.78, 5) is 24.4. The number of hydrogen-bond acceptors (Lipinski definition) is 3. The Balaban J connectivity index is 2.07. The van der Waals surface area contributed by atoms with Crippen LogP contribution >= 0.6 is 11.8 Å². The van der Waals surface area contributed by atoms with Crippen LogP contribution in [0.4, 0.5) is 0 Å². The number of nitrogens with zero attached hydrogens (tertiary/aromatic N) is 1. The number of amides is 2. The van der Waals surface area contributed by atoms with Crippen molar-refractivity contribution in [2.24, 2.45) is 0 Å². The Labute approximate surface area is 87.5 Å². The molecule has 14 heavy (non-hydrogen) atoms. The van der Waals surface area contributed by atoms with Crippen LogP contribution in [0.1, 0.15) is 19.8 Å². The van der Waals surface area contributed by atoms with Gasteiger partial charge < -0.3 is 0 Å². The van der Waals surface area contributed by atoms with E-state index in [1.54, 1.807) is 18.7 Å². The van der Waals surface area contributed by atoms with Crippen LogP contribution in [0.5, 0.6) is 0 Å². The molecule has 3 nitrogen and oxygen atoms in total. The number of carbonyl (C=O) groups excluding carboxylic acids is 2. The van der Waals surface area contributed by atoms with Gasteiger partial charge in [0, 0.05) is 22.9 Å². The lowest BCUT2D eigenvalue weighted by molar-refractivity contribution is -0.137. The van der Waals surface area contributed by atoms with Crippen molar-refractivity contribution in [3.63, 3.8) is 0 Å². The number of thioether (sulfide) groups is 1. The highest BCUT2D eigenvalue weighted by molar-refractivity contribution is 8.00. The van der Waals surface area contributed by atoms with Gasteiger partial charge in [0.05, 0.1) is 0 Å². The second-order valence-electron chi connectivity index (χ2n) is 3.94. The minimum absolute atomic E-state index is 0.115. The summed E-state index contributed by atoms with van der Waals surface area (Å²) in [7, 11) is 0. The van der Waals surface area contributed by atoms with E-state index in [1.807, 2.05) is 6.26 Å². The van der Waals surface area contributed by atoms with Gasteiger partial charge in [-0.15, -0.1) is 0 Å². The summed E-state index contributed by atoms with van der Waals surface area (Å²) in [5.41, 5.74) is 0.562. The molecule has 0 saturated heterocycles. The molecule has 1 aliphatic carbocycles. The molecule has 2 amide bonds. The first kappa shape index (κ1) is 9.77. The van der Waals surface area contributed by atoms with Crippen LogP contribution in [-0.2, 0) is 9.59 Å². The summed E-state index contributed by atoms with van der Waals surface area (Å²) in [5.74, 6) is -0.261. The Bertz CT molecular complexity index is 331. The minimum atomic E-state index is -0.146. The van der Waals surface area contributed by atoms with Crippen LogP contribution in [0, 0.1) is 0 Å². The van der Waals surface area contributed by atoms with E-state index in [0.717, 1.165) is 12.8 Å². The average Bonchev–Trinajstić information content (AvgIpc) is 2.88. The molecule has 0 aromatic heterocycles. The molecular formula is C10H13NO2S. The lowest BCUT2D eigenvalue weighted by Gasteiger charge is -2.20. The number of imide groups is 1. The molecule has 0 aromatic rings. The van der Waals surface area contributed by atoms with Gasteiger partial charge in [-0.2, -0.15) is 11.8 Å². The van der Waals surface area contributed by atoms with E-state index in [1.165, 1.54) is 11.0 Å². The van der Waals surface area contributed by atoms with Crippen molar-refractivity contribution in [3.8, 4) is 0 Å². The van der Waals surface area contributed by atoms with Gasteiger partial charge in [0.1, 0.15) is 0 Å². The first-order valence-electron chi connectivity index (χ1n) is 4.67. The van der Waals surface area contributed by atoms with Gasteiger partial charge in [0.15, 0.2) is 0 Å². The third kappa shape index (κ3) is 1.47. The second kappa shape index (κ2) is 3.12. The molecule has 2 aliphatic rings. The molecule has 0 bridgehead atoms. The second-order valence-corrected chi connectivity index (χ2v) is 5.22. The highest BCUT2D eigenvalue weighted by Crippen LogP contribution is 2.48. The maximum atomic E-state index is 11.6. The predicted molar refractivity (Wildman–Crippen MR) is 56.0 cm³/mol. The van der Waals surface area contributed by atoms with Crippen LogP contribution in [-0.4, -0.2) is 34.3 Å². The van der Waals surface area contributed by atoms with E-state index in [4.69, 9.17) is 0 Å². The van der Waals surface area contributed by atoms with Crippen molar-refractivity contribution >= 4 is 23.6 Å². The van der Waals surface area contributed by atoms with E-state index in [0.29, 0.717) is 12.1 Å². The quantitative estimate of drug-likeness (QED) is 0.658. The number of rotatable bonds is 3. The normalized spacial score (nSPS) is 24.1. The Hall–Kier alpha value is -0.770. The fourth-order valence-electron chi connectivity index (χ4n) is 1.64. The van der Waals surface area contributed by atoms with Crippen molar-refractivity contribution in [1.82, 2.24) is 4.90 Å². The smallest absolute Gasteiger partial charge is 0.256 e. The predicted octanol–water partition coefficient (Wildman–Crippen LogP) is 1.20. The summed E-state index contributed by atoms with van der Waals surface area (Å²) >= 11 is 1.76. The molecule has 0 spiro atoms. The van der Waals surface area contributed by atoms with Gasteiger partial charge in [0.2, 0.25) is 0 Å². The molecule has 1 heterocycles. The highest BCUT2D eigenvalue weighted by atomic mass is 32.2. The standard InChI is InChI=1S/C10H13NO2S/c1-7-5-8(12)11(9(7)13)6-10(14-2)3-4-10/h5H,3-4,6H2,1-2H3. The lowest BCUT2D eigenvalue weighted by atomic mass is 10.3. The zero-order chi connectivity index (χ0) is 10.3. The zero-order valence-electron chi connectivity index (χ0n) is 8.37. The summed E-state index contributed by atoms with van der Waals surface area (Å²) in [6, 6.07) is 0. The molecule has 2 rings (SSSR count). The summed E-state index contributed by atoms with van der Waals surface area (Å²) in [6.07, 6.45) is 5.70. The first-order valence-corrected chi connectivity index (χ1v) is 5.90. The molecule has 0 radical (unpaired) electrons. The van der Waals surface area contributed by atoms with E-state index in [2.05, 4.69) is 0 Å². The van der Waals surface area contributed by atoms with Gasteiger partial charge in [-0.25, -0.2) is 0 Å². The number of carbonyl (C=O) groups is 2. The largest absolute Gasteiger partial charge is 0.274 e. The Morgan fingerprint density at radius 2 is 2.14 bits per heavy atom. The lowest BCUT2D eigenvalue weighted by Crippen LogP contribution is -2.37. The minimum Gasteiger partial charge on any atom is -0.274 e. The SMILES string of the molecule is CSC1(CN2C(=O)C=C(C)C2=O)CC1. The van der Waals surface area contributed by atoms with Gasteiger partial charge in [-0.3, -0.25) is 14.5 Å². The Morgan fingerprint density at radius 1 is 1.50 bits per heavy atom. The average molecular weight is 211 g/mol. The zero-order valence-corrected chi connectivity index (χ0v) is 9.19. The van der Waals surface area contributed by atoms with E-state index in [-0.39, 0.29) is 16.6 Å². The van der Waals surface area contributed by atoms with Gasteiger partial charge in [0.25, 0.3) is 11.8 Å². The van der Waals surface area contributed by atoms with Crippen LogP contribution in [0.2, 0.25) is 0 Å². The third-order valence-corrected chi connectivity index (χ3v) is 4.28. The van der Waals surface area contributed by atoms with Gasteiger partial charge in [-0.05, 0) is 26.0 Å². The molecule has 4 heteroatoms. The number of hydrogen-bond donors (Lipinski definition) is 0. The Morgan fingerprint density at radius 3 is 2.50 bits per heavy atom. The Kier molecular flexibility index (Phi) is 2.18. The molecule has 0 atom stereocenters. The van der Waals surface area contributed by atoms with Gasteiger partial charge >= 0.3 is 0 Å². The maximum absolute atomic E-state index is 11.6.